The van der Waals surface area contributed by atoms with Crippen molar-refractivity contribution in [3.05, 3.63) is 58.2 Å². The van der Waals surface area contributed by atoms with E-state index in [1.165, 1.54) is 5.56 Å². The normalized spacial score (nSPS) is 10.6. The number of benzene rings is 2. The minimum atomic E-state index is 0.549. The average Bonchev–Trinajstić information content (AvgIpc) is 3.16. The Morgan fingerprint density at radius 2 is 1.42 bits per heavy atom. The molecule has 0 atom stereocenters. The van der Waals surface area contributed by atoms with Crippen LogP contribution < -0.4 is 5.73 Å². The molecule has 0 spiro atoms. The van der Waals surface area contributed by atoms with Crippen LogP contribution >= 0.6 is 0 Å². The molecule has 0 radical (unpaired) electrons. The predicted molar refractivity (Wildman–Crippen MR) is 104 cm³/mol. The van der Waals surface area contributed by atoms with Crippen LogP contribution in [-0.2, 0) is 6.54 Å². The number of aryl methyl sites for hydroxylation is 4. The lowest BCUT2D eigenvalue weighted by Crippen LogP contribution is -1.99. The number of aromatic nitrogens is 4. The summed E-state index contributed by atoms with van der Waals surface area (Å²) in [6.45, 7) is 8.37. The first-order valence-electron chi connectivity index (χ1n) is 8.45. The summed E-state index contributed by atoms with van der Waals surface area (Å²) in [5, 5.41) is 8.92. The second-order valence-corrected chi connectivity index (χ2v) is 6.37. The number of nitrogens with zero attached hydrogens (tertiary/aromatic N) is 3. The van der Waals surface area contributed by atoms with Gasteiger partial charge in [0.1, 0.15) is 23.2 Å². The van der Waals surface area contributed by atoms with Crippen molar-refractivity contribution in [2.45, 2.75) is 34.2 Å². The molecule has 0 aliphatic rings. The fourth-order valence-corrected chi connectivity index (χ4v) is 3.05. The Balaban J connectivity index is 0.000000151. The van der Waals surface area contributed by atoms with Gasteiger partial charge in [0.15, 0.2) is 0 Å². The Hall–Kier alpha value is -3.17. The summed E-state index contributed by atoms with van der Waals surface area (Å²) in [6, 6.07) is 10.2. The van der Waals surface area contributed by atoms with Crippen LogP contribution in [-0.4, -0.2) is 19.9 Å². The zero-order valence-corrected chi connectivity index (χ0v) is 15.4. The van der Waals surface area contributed by atoms with Crippen molar-refractivity contribution >= 4 is 22.1 Å². The molecule has 0 fully saturated rings. The van der Waals surface area contributed by atoms with Crippen LogP contribution in [0.3, 0.4) is 0 Å². The van der Waals surface area contributed by atoms with Gasteiger partial charge in [0.25, 0.3) is 0 Å². The number of fused-ring (bicyclic) bond motifs is 2. The third-order valence-corrected chi connectivity index (χ3v) is 4.41. The highest BCUT2D eigenvalue weighted by Gasteiger charge is 2.07. The molecule has 4 N–H and O–H groups in total. The highest BCUT2D eigenvalue weighted by molar-refractivity contribution is 5.83. The highest BCUT2D eigenvalue weighted by Crippen LogP contribution is 2.20. The summed E-state index contributed by atoms with van der Waals surface area (Å²) in [4.78, 5) is 15.0. The first-order chi connectivity index (χ1) is 12.4. The summed E-state index contributed by atoms with van der Waals surface area (Å²) < 4.78 is 0. The van der Waals surface area contributed by atoms with Crippen molar-refractivity contribution in [2.75, 3.05) is 0 Å². The lowest BCUT2D eigenvalue weighted by molar-refractivity contribution is 1.06. The molecule has 4 aromatic rings. The van der Waals surface area contributed by atoms with E-state index in [0.29, 0.717) is 12.1 Å². The van der Waals surface area contributed by atoms with Gasteiger partial charge in [-0.05, 0) is 56.5 Å². The summed E-state index contributed by atoms with van der Waals surface area (Å²) in [5.41, 5.74) is 13.5. The van der Waals surface area contributed by atoms with Gasteiger partial charge in [-0.15, -0.1) is 0 Å². The predicted octanol–water partition coefficient (Wildman–Crippen LogP) is 3.69. The van der Waals surface area contributed by atoms with Gasteiger partial charge >= 0.3 is 0 Å². The second-order valence-electron chi connectivity index (χ2n) is 6.37. The van der Waals surface area contributed by atoms with Gasteiger partial charge in [0.2, 0.25) is 0 Å². The second kappa shape index (κ2) is 6.98. The molecule has 2 heterocycles. The van der Waals surface area contributed by atoms with Crippen LogP contribution in [0.5, 0.6) is 0 Å². The standard InChI is InChI=1S/C10H13N3.C10H9N3/c2*1-6-3-4-9-10(8(6)5-11)13-7(2)12-9/h3-4H,5,11H2,1-2H3,(H,12,13);3-4H,1-2H3,(H,12,13). The van der Waals surface area contributed by atoms with Crippen molar-refractivity contribution in [2.24, 2.45) is 5.73 Å². The van der Waals surface area contributed by atoms with Gasteiger partial charge < -0.3 is 15.7 Å². The van der Waals surface area contributed by atoms with E-state index >= 15 is 0 Å². The number of rotatable bonds is 1. The summed E-state index contributed by atoms with van der Waals surface area (Å²) >= 11 is 0. The van der Waals surface area contributed by atoms with E-state index in [-0.39, 0.29) is 0 Å². The Morgan fingerprint density at radius 1 is 0.885 bits per heavy atom. The molecule has 2 aromatic carbocycles. The third-order valence-electron chi connectivity index (χ3n) is 4.41. The molecule has 0 aliphatic heterocycles. The Labute approximate surface area is 152 Å². The number of hydrogen-bond donors (Lipinski definition) is 3. The van der Waals surface area contributed by atoms with Gasteiger partial charge in [-0.2, -0.15) is 5.26 Å². The molecular weight excluding hydrogens is 324 g/mol. The zero-order chi connectivity index (χ0) is 18.8. The molecule has 0 aliphatic carbocycles. The van der Waals surface area contributed by atoms with E-state index in [2.05, 4.69) is 39.0 Å². The molecule has 2 aromatic heterocycles. The number of aromatic amines is 2. The monoisotopic (exact) mass is 346 g/mol. The number of nitriles is 1. The van der Waals surface area contributed by atoms with Crippen molar-refractivity contribution < 1.29 is 0 Å². The minimum absolute atomic E-state index is 0.549. The molecule has 4 rings (SSSR count). The Bertz CT molecular complexity index is 1130. The number of nitrogens with one attached hydrogen (secondary N) is 2. The van der Waals surface area contributed by atoms with Crippen molar-refractivity contribution in [1.82, 2.24) is 19.9 Å². The van der Waals surface area contributed by atoms with E-state index in [1.54, 1.807) is 0 Å². The number of H-pyrrole nitrogens is 2. The molecule has 0 unspecified atom stereocenters. The molecule has 26 heavy (non-hydrogen) atoms. The molecule has 6 heteroatoms. The fourth-order valence-electron chi connectivity index (χ4n) is 3.05. The molecule has 6 nitrogen and oxygen atoms in total. The first kappa shape index (κ1) is 17.6. The van der Waals surface area contributed by atoms with E-state index in [4.69, 9.17) is 11.0 Å². The van der Waals surface area contributed by atoms with Gasteiger partial charge in [0, 0.05) is 6.54 Å². The maximum atomic E-state index is 8.92. The lowest BCUT2D eigenvalue weighted by Gasteiger charge is -2.02. The van der Waals surface area contributed by atoms with E-state index in [0.717, 1.165) is 44.8 Å². The SMILES string of the molecule is Cc1nc2c(C#N)c(C)ccc2[nH]1.Cc1nc2c(CN)c(C)ccc2[nH]1. The topological polar surface area (TPSA) is 107 Å². The largest absolute Gasteiger partial charge is 0.342 e. The third kappa shape index (κ3) is 3.17. The smallest absolute Gasteiger partial charge is 0.107 e. The van der Waals surface area contributed by atoms with Gasteiger partial charge in [-0.3, -0.25) is 0 Å². The quantitative estimate of drug-likeness (QED) is 0.488. The van der Waals surface area contributed by atoms with E-state index in [1.807, 2.05) is 39.0 Å². The summed E-state index contributed by atoms with van der Waals surface area (Å²) in [6.07, 6.45) is 0. The van der Waals surface area contributed by atoms with Crippen LogP contribution in [0.1, 0.15) is 33.9 Å². The summed E-state index contributed by atoms with van der Waals surface area (Å²) in [5.74, 6) is 1.78. The van der Waals surface area contributed by atoms with Crippen LogP contribution in [0.2, 0.25) is 0 Å². The minimum Gasteiger partial charge on any atom is -0.342 e. The number of nitrogens with two attached hydrogens (primary N) is 1. The molecule has 0 saturated carbocycles. The zero-order valence-electron chi connectivity index (χ0n) is 15.4. The van der Waals surface area contributed by atoms with Gasteiger partial charge in [-0.1, -0.05) is 12.1 Å². The van der Waals surface area contributed by atoms with Crippen LogP contribution in [0, 0.1) is 39.0 Å². The van der Waals surface area contributed by atoms with E-state index in [9.17, 15) is 0 Å². The van der Waals surface area contributed by atoms with Crippen LogP contribution in [0.15, 0.2) is 24.3 Å². The highest BCUT2D eigenvalue weighted by atomic mass is 14.9. The molecule has 0 saturated heterocycles. The summed E-state index contributed by atoms with van der Waals surface area (Å²) in [7, 11) is 0. The van der Waals surface area contributed by atoms with Gasteiger partial charge in [-0.25, -0.2) is 9.97 Å². The Morgan fingerprint density at radius 3 is 2.00 bits per heavy atom. The van der Waals surface area contributed by atoms with Crippen molar-refractivity contribution in [1.29, 1.82) is 5.26 Å². The average molecular weight is 346 g/mol. The first-order valence-corrected chi connectivity index (χ1v) is 8.45. The molecule has 0 bridgehead atoms. The number of hydrogen-bond acceptors (Lipinski definition) is 4. The maximum absolute atomic E-state index is 8.92. The molecule has 132 valence electrons. The van der Waals surface area contributed by atoms with Crippen LogP contribution in [0.25, 0.3) is 22.1 Å². The lowest BCUT2D eigenvalue weighted by atomic mass is 10.1. The number of imidazole rings is 2. The van der Waals surface area contributed by atoms with Crippen molar-refractivity contribution in [3.63, 3.8) is 0 Å². The maximum Gasteiger partial charge on any atom is 0.107 e. The Kier molecular flexibility index (Phi) is 4.74. The van der Waals surface area contributed by atoms with E-state index < -0.39 is 0 Å². The molecule has 0 amide bonds. The van der Waals surface area contributed by atoms with Crippen LogP contribution in [0.4, 0.5) is 0 Å². The van der Waals surface area contributed by atoms with Gasteiger partial charge in [0.05, 0.1) is 22.1 Å². The molecular formula is C20H22N6. The fraction of sp³-hybridized carbons (Fsp3) is 0.250. The van der Waals surface area contributed by atoms with Crippen molar-refractivity contribution in [3.8, 4) is 6.07 Å².